The van der Waals surface area contributed by atoms with E-state index in [1.165, 1.54) is 0 Å². The van der Waals surface area contributed by atoms with Crippen molar-refractivity contribution in [1.29, 1.82) is 0 Å². The maximum atomic E-state index is 12.3. The highest BCUT2D eigenvalue weighted by Crippen LogP contribution is 2.15. The SMILES string of the molecule is CCCN(C1CCNCC1)C(C)C(=O)NCCCOC. The van der Waals surface area contributed by atoms with Crippen molar-refractivity contribution in [3.05, 3.63) is 0 Å². The molecule has 1 amide bonds. The van der Waals surface area contributed by atoms with Gasteiger partial charge in [-0.2, -0.15) is 0 Å². The number of nitrogens with zero attached hydrogens (tertiary/aromatic N) is 1. The van der Waals surface area contributed by atoms with E-state index in [9.17, 15) is 4.79 Å². The molecule has 0 saturated carbocycles. The fourth-order valence-corrected chi connectivity index (χ4v) is 2.82. The maximum absolute atomic E-state index is 12.3. The minimum Gasteiger partial charge on any atom is -0.385 e. The van der Waals surface area contributed by atoms with Crippen LogP contribution in [0.15, 0.2) is 0 Å². The summed E-state index contributed by atoms with van der Waals surface area (Å²) in [6.07, 6.45) is 4.24. The van der Waals surface area contributed by atoms with Crippen LogP contribution in [0.25, 0.3) is 0 Å². The van der Waals surface area contributed by atoms with Gasteiger partial charge in [0.1, 0.15) is 0 Å². The Morgan fingerprint density at radius 3 is 2.75 bits per heavy atom. The summed E-state index contributed by atoms with van der Waals surface area (Å²) in [6.45, 7) is 8.73. The Hall–Kier alpha value is -0.650. The van der Waals surface area contributed by atoms with Gasteiger partial charge in [0.25, 0.3) is 0 Å². The van der Waals surface area contributed by atoms with Crippen LogP contribution in [0.3, 0.4) is 0 Å². The van der Waals surface area contributed by atoms with Crippen molar-refractivity contribution in [2.75, 3.05) is 39.9 Å². The van der Waals surface area contributed by atoms with E-state index < -0.39 is 0 Å². The van der Waals surface area contributed by atoms with E-state index in [0.717, 1.165) is 45.3 Å². The second kappa shape index (κ2) is 10.1. The zero-order valence-corrected chi connectivity index (χ0v) is 13.3. The summed E-state index contributed by atoms with van der Waals surface area (Å²) in [4.78, 5) is 14.6. The largest absolute Gasteiger partial charge is 0.385 e. The smallest absolute Gasteiger partial charge is 0.237 e. The molecule has 0 aliphatic carbocycles. The van der Waals surface area contributed by atoms with Crippen LogP contribution >= 0.6 is 0 Å². The number of methoxy groups -OCH3 is 1. The van der Waals surface area contributed by atoms with Crippen LogP contribution in [0.1, 0.15) is 39.5 Å². The lowest BCUT2D eigenvalue weighted by Gasteiger charge is -2.38. The minimum atomic E-state index is -0.0411. The molecule has 0 spiro atoms. The van der Waals surface area contributed by atoms with Gasteiger partial charge < -0.3 is 15.4 Å². The van der Waals surface area contributed by atoms with Crippen molar-refractivity contribution in [3.8, 4) is 0 Å². The summed E-state index contributed by atoms with van der Waals surface area (Å²) in [7, 11) is 1.69. The molecule has 1 saturated heterocycles. The third-order valence-electron chi connectivity index (χ3n) is 3.96. The zero-order chi connectivity index (χ0) is 14.8. The van der Waals surface area contributed by atoms with Gasteiger partial charge in [0.15, 0.2) is 0 Å². The molecule has 1 rings (SSSR count). The van der Waals surface area contributed by atoms with Gasteiger partial charge >= 0.3 is 0 Å². The van der Waals surface area contributed by atoms with Crippen LogP contribution in [-0.2, 0) is 9.53 Å². The highest BCUT2D eigenvalue weighted by Gasteiger charge is 2.28. The molecule has 0 aromatic heterocycles. The maximum Gasteiger partial charge on any atom is 0.237 e. The normalized spacial score (nSPS) is 18.2. The molecular weight excluding hydrogens is 254 g/mol. The summed E-state index contributed by atoms with van der Waals surface area (Å²) in [6, 6.07) is 0.497. The number of ether oxygens (including phenoxy) is 1. The number of rotatable bonds is 9. The second-order valence-corrected chi connectivity index (χ2v) is 5.53. The molecule has 1 fully saturated rings. The Morgan fingerprint density at radius 2 is 2.15 bits per heavy atom. The van der Waals surface area contributed by atoms with E-state index in [4.69, 9.17) is 4.74 Å². The topological polar surface area (TPSA) is 53.6 Å². The van der Waals surface area contributed by atoms with Gasteiger partial charge in [-0.15, -0.1) is 0 Å². The van der Waals surface area contributed by atoms with Gasteiger partial charge in [0.2, 0.25) is 5.91 Å². The number of nitrogens with one attached hydrogen (secondary N) is 2. The monoisotopic (exact) mass is 285 g/mol. The molecule has 1 aliphatic heterocycles. The van der Waals surface area contributed by atoms with Crippen molar-refractivity contribution >= 4 is 5.91 Å². The molecule has 1 aliphatic rings. The van der Waals surface area contributed by atoms with Crippen molar-refractivity contribution in [2.24, 2.45) is 0 Å². The fourth-order valence-electron chi connectivity index (χ4n) is 2.82. The molecule has 5 heteroatoms. The van der Waals surface area contributed by atoms with E-state index in [-0.39, 0.29) is 11.9 Å². The molecule has 0 bridgehead atoms. The van der Waals surface area contributed by atoms with E-state index >= 15 is 0 Å². The van der Waals surface area contributed by atoms with Crippen molar-refractivity contribution in [3.63, 3.8) is 0 Å². The molecular formula is C15H31N3O2. The van der Waals surface area contributed by atoms with E-state index in [1.54, 1.807) is 7.11 Å². The fraction of sp³-hybridized carbons (Fsp3) is 0.933. The highest BCUT2D eigenvalue weighted by atomic mass is 16.5. The van der Waals surface area contributed by atoms with E-state index in [1.807, 2.05) is 6.92 Å². The van der Waals surface area contributed by atoms with Crippen molar-refractivity contribution in [2.45, 2.75) is 51.6 Å². The molecule has 0 aromatic carbocycles. The standard InChI is InChI=1S/C15H31N3O2/c1-4-11-18(14-6-9-16-10-7-14)13(2)15(19)17-8-5-12-20-3/h13-14,16H,4-12H2,1-3H3,(H,17,19). The summed E-state index contributed by atoms with van der Waals surface area (Å²) in [5.41, 5.74) is 0. The summed E-state index contributed by atoms with van der Waals surface area (Å²) < 4.78 is 5.00. The number of amides is 1. The average molecular weight is 285 g/mol. The van der Waals surface area contributed by atoms with Gasteiger partial charge in [-0.25, -0.2) is 0 Å². The number of hydrogen-bond acceptors (Lipinski definition) is 4. The zero-order valence-electron chi connectivity index (χ0n) is 13.3. The van der Waals surface area contributed by atoms with Gasteiger partial charge in [-0.1, -0.05) is 6.92 Å². The first-order valence-corrected chi connectivity index (χ1v) is 7.93. The van der Waals surface area contributed by atoms with Crippen LogP contribution in [0, 0.1) is 0 Å². The summed E-state index contributed by atoms with van der Waals surface area (Å²) in [5.74, 6) is 0.146. The number of carbonyl (C=O) groups excluding carboxylic acids is 1. The molecule has 20 heavy (non-hydrogen) atoms. The van der Waals surface area contributed by atoms with Gasteiger partial charge in [-0.3, -0.25) is 9.69 Å². The van der Waals surface area contributed by atoms with E-state index in [2.05, 4.69) is 22.5 Å². The third-order valence-corrected chi connectivity index (χ3v) is 3.96. The van der Waals surface area contributed by atoms with Crippen molar-refractivity contribution in [1.82, 2.24) is 15.5 Å². The first kappa shape index (κ1) is 17.4. The Kier molecular flexibility index (Phi) is 8.82. The summed E-state index contributed by atoms with van der Waals surface area (Å²) in [5, 5.41) is 6.41. The number of piperidine rings is 1. The molecule has 118 valence electrons. The molecule has 0 aromatic rings. The van der Waals surface area contributed by atoms with Gasteiger partial charge in [-0.05, 0) is 52.2 Å². The predicted octanol–water partition coefficient (Wildman–Crippen LogP) is 0.992. The highest BCUT2D eigenvalue weighted by molar-refractivity contribution is 5.81. The average Bonchev–Trinajstić information content (AvgIpc) is 2.49. The van der Waals surface area contributed by atoms with Crippen molar-refractivity contribution < 1.29 is 9.53 Å². The molecule has 1 heterocycles. The molecule has 1 unspecified atom stereocenters. The Morgan fingerprint density at radius 1 is 1.45 bits per heavy atom. The molecule has 5 nitrogen and oxygen atoms in total. The van der Waals surface area contributed by atoms with Crippen LogP contribution in [0.5, 0.6) is 0 Å². The number of hydrogen-bond donors (Lipinski definition) is 2. The van der Waals surface area contributed by atoms with Crippen LogP contribution in [0.2, 0.25) is 0 Å². The first-order chi connectivity index (χ1) is 9.70. The molecule has 2 N–H and O–H groups in total. The van der Waals surface area contributed by atoms with Crippen LogP contribution in [0.4, 0.5) is 0 Å². The Bertz CT molecular complexity index is 268. The summed E-state index contributed by atoms with van der Waals surface area (Å²) >= 11 is 0. The lowest BCUT2D eigenvalue weighted by atomic mass is 10.0. The first-order valence-electron chi connectivity index (χ1n) is 7.93. The third kappa shape index (κ3) is 5.77. The molecule has 0 radical (unpaired) electrons. The second-order valence-electron chi connectivity index (χ2n) is 5.53. The quantitative estimate of drug-likeness (QED) is 0.620. The Balaban J connectivity index is 2.44. The van der Waals surface area contributed by atoms with E-state index in [0.29, 0.717) is 19.2 Å². The van der Waals surface area contributed by atoms with Gasteiger partial charge in [0, 0.05) is 26.3 Å². The predicted molar refractivity (Wildman–Crippen MR) is 81.9 cm³/mol. The molecule has 1 atom stereocenters. The number of carbonyl (C=O) groups is 1. The minimum absolute atomic E-state index is 0.0411. The van der Waals surface area contributed by atoms with Gasteiger partial charge in [0.05, 0.1) is 6.04 Å². The lowest BCUT2D eigenvalue weighted by Crippen LogP contribution is -2.52. The Labute approximate surface area is 123 Å². The lowest BCUT2D eigenvalue weighted by molar-refractivity contribution is -0.127. The van der Waals surface area contributed by atoms with Crippen LogP contribution < -0.4 is 10.6 Å². The van der Waals surface area contributed by atoms with Crippen LogP contribution in [-0.4, -0.2) is 62.8 Å².